The first-order valence-electron chi connectivity index (χ1n) is 11.2. The van der Waals surface area contributed by atoms with Gasteiger partial charge in [0, 0.05) is 42.0 Å². The lowest BCUT2D eigenvalue weighted by Crippen LogP contribution is -2.63. The summed E-state index contributed by atoms with van der Waals surface area (Å²) in [7, 11) is 0. The van der Waals surface area contributed by atoms with Crippen LogP contribution in [0.5, 0.6) is 0 Å². The van der Waals surface area contributed by atoms with Gasteiger partial charge in [-0.15, -0.1) is 12.4 Å². The van der Waals surface area contributed by atoms with E-state index in [0.717, 1.165) is 13.8 Å². The number of hydrogen-bond acceptors (Lipinski definition) is 7. The second kappa shape index (κ2) is 9.09. The molecule has 11 heteroatoms. The number of benzene rings is 1. The van der Waals surface area contributed by atoms with Crippen molar-refractivity contribution in [3.05, 3.63) is 65.3 Å². The maximum absolute atomic E-state index is 13.6. The van der Waals surface area contributed by atoms with Crippen molar-refractivity contribution in [2.24, 2.45) is 5.41 Å². The summed E-state index contributed by atoms with van der Waals surface area (Å²) in [4.78, 5) is 8.51. The Hall–Kier alpha value is -2.53. The van der Waals surface area contributed by atoms with Gasteiger partial charge in [-0.2, -0.15) is 18.2 Å². The molecule has 0 bridgehead atoms. The molecule has 1 atom stereocenters. The number of rotatable bonds is 6. The van der Waals surface area contributed by atoms with E-state index in [2.05, 4.69) is 20.4 Å². The molecule has 1 aromatic carbocycles. The first-order valence-corrected chi connectivity index (χ1v) is 11.2. The smallest absolute Gasteiger partial charge is 0.381 e. The van der Waals surface area contributed by atoms with Crippen LogP contribution in [-0.4, -0.2) is 44.6 Å². The van der Waals surface area contributed by atoms with Gasteiger partial charge in [0.2, 0.25) is 5.82 Å². The fourth-order valence-electron chi connectivity index (χ4n) is 4.26. The van der Waals surface area contributed by atoms with E-state index in [4.69, 9.17) is 4.52 Å². The van der Waals surface area contributed by atoms with Crippen LogP contribution in [-0.2, 0) is 16.6 Å². The predicted molar refractivity (Wildman–Crippen MR) is 130 cm³/mol. The first kappa shape index (κ1) is 28.0. The summed E-state index contributed by atoms with van der Waals surface area (Å²) in [6, 6.07) is 7.59. The zero-order valence-corrected chi connectivity index (χ0v) is 21.5. The molecule has 1 aliphatic rings. The van der Waals surface area contributed by atoms with Gasteiger partial charge >= 0.3 is 6.18 Å². The number of nitrogens with one attached hydrogen (secondary N) is 1. The van der Waals surface area contributed by atoms with Gasteiger partial charge in [0.05, 0.1) is 5.41 Å². The van der Waals surface area contributed by atoms with Crippen LogP contribution in [0.25, 0.3) is 11.4 Å². The maximum Gasteiger partial charge on any atom is 0.397 e. The summed E-state index contributed by atoms with van der Waals surface area (Å²) in [5, 5.41) is 29.4. The van der Waals surface area contributed by atoms with Gasteiger partial charge in [-0.05, 0) is 44.9 Å². The van der Waals surface area contributed by atoms with Crippen molar-refractivity contribution in [2.45, 2.75) is 57.4 Å². The average Bonchev–Trinajstić information content (AvgIpc) is 3.27. The Labute approximate surface area is 213 Å². The quantitative estimate of drug-likeness (QED) is 0.435. The van der Waals surface area contributed by atoms with Crippen molar-refractivity contribution in [2.75, 3.05) is 13.1 Å². The van der Waals surface area contributed by atoms with Gasteiger partial charge in [-0.25, -0.2) is 0 Å². The summed E-state index contributed by atoms with van der Waals surface area (Å²) in [5.74, 6) is 0.226. The Morgan fingerprint density at radius 3 is 2.00 bits per heavy atom. The van der Waals surface area contributed by atoms with Crippen LogP contribution in [0.3, 0.4) is 0 Å². The molecule has 0 unspecified atom stereocenters. The Balaban J connectivity index is 0.00000361. The molecule has 196 valence electrons. The second-order valence-corrected chi connectivity index (χ2v) is 10.5. The molecule has 1 saturated heterocycles. The number of aromatic nitrogens is 3. The van der Waals surface area contributed by atoms with E-state index in [1.54, 1.807) is 18.2 Å². The molecular weight excluding hydrogens is 497 g/mol. The summed E-state index contributed by atoms with van der Waals surface area (Å²) in [5.41, 5.74) is -4.12. The molecule has 3 N–H and O–H groups in total. The van der Waals surface area contributed by atoms with E-state index in [1.165, 1.54) is 38.4 Å². The Morgan fingerprint density at radius 2 is 1.53 bits per heavy atom. The van der Waals surface area contributed by atoms with Crippen LogP contribution in [0.1, 0.15) is 57.2 Å². The maximum atomic E-state index is 13.6. The monoisotopic (exact) mass is 526 g/mol. The lowest BCUT2D eigenvalue weighted by molar-refractivity contribution is -0.180. The van der Waals surface area contributed by atoms with Gasteiger partial charge in [-0.1, -0.05) is 36.3 Å². The average molecular weight is 527 g/mol. The van der Waals surface area contributed by atoms with Crippen LogP contribution in [0.2, 0.25) is 0 Å². The van der Waals surface area contributed by atoms with Crippen LogP contribution in [0.4, 0.5) is 13.2 Å². The molecule has 0 amide bonds. The zero-order chi connectivity index (χ0) is 25.9. The summed E-state index contributed by atoms with van der Waals surface area (Å²) >= 11 is 0. The third-order valence-electron chi connectivity index (χ3n) is 7.00. The lowest BCUT2D eigenvalue weighted by Gasteiger charge is -2.52. The molecule has 36 heavy (non-hydrogen) atoms. The minimum absolute atomic E-state index is 0. The third-order valence-corrected chi connectivity index (χ3v) is 7.00. The van der Waals surface area contributed by atoms with Crippen LogP contribution in [0, 0.1) is 5.41 Å². The van der Waals surface area contributed by atoms with Crippen molar-refractivity contribution in [3.63, 3.8) is 0 Å². The normalized spacial score (nSPS) is 17.6. The molecule has 7 nitrogen and oxygen atoms in total. The minimum Gasteiger partial charge on any atom is -0.381 e. The van der Waals surface area contributed by atoms with Crippen molar-refractivity contribution in [3.8, 4) is 11.4 Å². The summed E-state index contributed by atoms with van der Waals surface area (Å²) < 4.78 is 45.8. The topological polar surface area (TPSA) is 104 Å². The molecule has 4 rings (SSSR count). The largest absolute Gasteiger partial charge is 0.397 e. The molecule has 0 aliphatic carbocycles. The van der Waals surface area contributed by atoms with Crippen molar-refractivity contribution in [1.29, 1.82) is 0 Å². The van der Waals surface area contributed by atoms with Gasteiger partial charge < -0.3 is 20.1 Å². The molecule has 1 fully saturated rings. The lowest BCUT2D eigenvalue weighted by atomic mass is 9.62. The number of nitrogens with zero attached hydrogens (tertiary/aromatic N) is 3. The van der Waals surface area contributed by atoms with Crippen LogP contribution < -0.4 is 5.32 Å². The Morgan fingerprint density at radius 1 is 0.944 bits per heavy atom. The fourth-order valence-corrected chi connectivity index (χ4v) is 4.26. The van der Waals surface area contributed by atoms with Gasteiger partial charge in [-0.3, -0.25) is 4.98 Å². The van der Waals surface area contributed by atoms with Crippen molar-refractivity contribution < 1.29 is 27.9 Å². The highest BCUT2D eigenvalue weighted by atomic mass is 35.5. The molecule has 0 saturated carbocycles. The van der Waals surface area contributed by atoms with Crippen molar-refractivity contribution in [1.82, 2.24) is 20.4 Å². The fraction of sp³-hybridized carbons (Fsp3) is 0.480. The molecule has 0 radical (unpaired) electrons. The molecule has 1 aliphatic heterocycles. The van der Waals surface area contributed by atoms with Gasteiger partial charge in [0.25, 0.3) is 5.89 Å². The van der Waals surface area contributed by atoms with Crippen LogP contribution in [0.15, 0.2) is 47.2 Å². The third kappa shape index (κ3) is 4.51. The number of pyridine rings is 1. The highest BCUT2D eigenvalue weighted by Gasteiger charge is 2.54. The molecule has 3 aromatic rings. The number of hydrogen-bond donors (Lipinski definition) is 3. The van der Waals surface area contributed by atoms with E-state index in [9.17, 15) is 23.4 Å². The highest BCUT2D eigenvalue weighted by Crippen LogP contribution is 2.49. The number of alkyl halides is 3. The van der Waals surface area contributed by atoms with Crippen LogP contribution >= 0.6 is 12.4 Å². The summed E-state index contributed by atoms with van der Waals surface area (Å²) in [6.45, 7) is 8.20. The van der Waals surface area contributed by atoms with Gasteiger partial charge in [0.15, 0.2) is 0 Å². The Bertz CT molecular complexity index is 1220. The summed E-state index contributed by atoms with van der Waals surface area (Å²) in [6.07, 6.45) is -1.38. The number of halogens is 4. The van der Waals surface area contributed by atoms with E-state index in [-0.39, 0.29) is 29.7 Å². The highest BCUT2D eigenvalue weighted by molar-refractivity contribution is 5.85. The number of aliphatic hydroxyl groups is 2. The second-order valence-electron chi connectivity index (χ2n) is 10.5. The molecule has 3 heterocycles. The Kier molecular flexibility index (Phi) is 7.08. The predicted octanol–water partition coefficient (Wildman–Crippen LogP) is 4.47. The molecule has 0 spiro atoms. The van der Waals surface area contributed by atoms with Crippen molar-refractivity contribution >= 4 is 12.4 Å². The first-order chi connectivity index (χ1) is 16.1. The van der Waals surface area contributed by atoms with E-state index < -0.39 is 28.2 Å². The zero-order valence-electron chi connectivity index (χ0n) is 20.6. The van der Waals surface area contributed by atoms with E-state index in [1.807, 2.05) is 6.92 Å². The standard InChI is InChI=1S/C25H29F3N4O3.ClH/c1-21(2,25(26,27)28)16-6-8-17(9-7-16)24(34,23(5)13-30-14-23)18-10-15(11-29-12-18)19-31-20(35-32-19)22(3,4)33;/h6-12,30,33-34H,13-14H2,1-5H3;1H/t24-;/m0./s1. The van der Waals surface area contributed by atoms with E-state index in [0.29, 0.717) is 29.8 Å². The van der Waals surface area contributed by atoms with Gasteiger partial charge in [0.1, 0.15) is 11.2 Å². The van der Waals surface area contributed by atoms with E-state index >= 15 is 0 Å². The molecule has 2 aromatic heterocycles. The minimum atomic E-state index is -4.42. The molecular formula is C25H30ClF3N4O3. The SMILES string of the molecule is CC(C)(O)c1nc(-c2cncc([C@@](O)(c3ccc(C(C)(C)C(F)(F)F)cc3)C3(C)CNC3)c2)no1.Cl.